The number of aromatic nitrogens is 4. The van der Waals surface area contributed by atoms with E-state index in [4.69, 9.17) is 5.11 Å². The zero-order valence-corrected chi connectivity index (χ0v) is 7.01. The van der Waals surface area contributed by atoms with Gasteiger partial charge in [0.1, 0.15) is 0 Å². The quantitative estimate of drug-likeness (QED) is 0.575. The van der Waals surface area contributed by atoms with Crippen LogP contribution in [0.1, 0.15) is 5.82 Å². The molecule has 0 aliphatic rings. The molecule has 1 rings (SSSR count). The minimum Gasteiger partial charge on any atom is -0.478 e. The van der Waals surface area contributed by atoms with Gasteiger partial charge in [-0.3, -0.25) is 0 Å². The summed E-state index contributed by atoms with van der Waals surface area (Å²) >= 11 is 0. The number of aliphatic carboxylic acids is 1. The van der Waals surface area contributed by atoms with Gasteiger partial charge in [-0.25, -0.2) is 4.79 Å². The third-order valence-corrected chi connectivity index (χ3v) is 1.15. The van der Waals surface area contributed by atoms with E-state index >= 15 is 0 Å². The average Bonchev–Trinajstić information content (AvgIpc) is 2.45. The van der Waals surface area contributed by atoms with Crippen molar-refractivity contribution in [3.8, 4) is 0 Å². The molecule has 0 amide bonds. The summed E-state index contributed by atoms with van der Waals surface area (Å²) in [7, 11) is 1.66. The predicted octanol–water partition coefficient (Wildman–Crippen LogP) is -1.10. The fourth-order valence-corrected chi connectivity index (χ4v) is 0.675. The number of rotatable bonds is 4. The second-order valence-electron chi connectivity index (χ2n) is 2.25. The van der Waals surface area contributed by atoms with Crippen molar-refractivity contribution >= 4 is 5.97 Å². The van der Waals surface area contributed by atoms with Crippen molar-refractivity contribution in [2.75, 3.05) is 0 Å². The molecule has 0 aliphatic heterocycles. The molecule has 7 heteroatoms. The zero-order valence-electron chi connectivity index (χ0n) is 7.01. The first-order valence-electron chi connectivity index (χ1n) is 3.54. The highest BCUT2D eigenvalue weighted by molar-refractivity contribution is 5.79. The summed E-state index contributed by atoms with van der Waals surface area (Å²) in [4.78, 5) is 11.4. The molecular formula is C6H9N5O2. The van der Waals surface area contributed by atoms with Crippen LogP contribution < -0.4 is 5.32 Å². The van der Waals surface area contributed by atoms with Gasteiger partial charge in [-0.05, 0) is 5.21 Å². The molecule has 0 radical (unpaired) electrons. The van der Waals surface area contributed by atoms with Crippen LogP contribution in [-0.2, 0) is 18.4 Å². The Morgan fingerprint density at radius 1 is 1.77 bits per heavy atom. The summed E-state index contributed by atoms with van der Waals surface area (Å²) < 4.78 is 0. The summed E-state index contributed by atoms with van der Waals surface area (Å²) in [6.45, 7) is 0.359. The Morgan fingerprint density at radius 2 is 2.54 bits per heavy atom. The van der Waals surface area contributed by atoms with Crippen molar-refractivity contribution in [3.63, 3.8) is 0 Å². The largest absolute Gasteiger partial charge is 0.478 e. The molecule has 2 N–H and O–H groups in total. The smallest absolute Gasteiger partial charge is 0.329 e. The van der Waals surface area contributed by atoms with Crippen molar-refractivity contribution in [1.82, 2.24) is 25.5 Å². The van der Waals surface area contributed by atoms with Crippen LogP contribution in [0.4, 0.5) is 0 Å². The van der Waals surface area contributed by atoms with Crippen LogP contribution in [0.2, 0.25) is 0 Å². The maximum absolute atomic E-state index is 10.0. The van der Waals surface area contributed by atoms with Crippen molar-refractivity contribution in [1.29, 1.82) is 0 Å². The number of carboxylic acid groups (broad SMARTS) is 1. The number of tetrazole rings is 1. The van der Waals surface area contributed by atoms with E-state index in [2.05, 4.69) is 20.7 Å². The lowest BCUT2D eigenvalue weighted by atomic mass is 10.5. The summed E-state index contributed by atoms with van der Waals surface area (Å²) in [5.41, 5.74) is 0. The van der Waals surface area contributed by atoms with E-state index in [1.807, 2.05) is 0 Å². The summed E-state index contributed by atoms with van der Waals surface area (Å²) in [5.74, 6) is -0.489. The second-order valence-corrected chi connectivity index (χ2v) is 2.25. The molecule has 0 aliphatic carbocycles. The third kappa shape index (κ3) is 3.32. The van der Waals surface area contributed by atoms with Gasteiger partial charge < -0.3 is 10.4 Å². The molecule has 0 aromatic carbocycles. The number of hydrogen-bond donors (Lipinski definition) is 2. The van der Waals surface area contributed by atoms with Crippen LogP contribution in [0.3, 0.4) is 0 Å². The Kier molecular flexibility index (Phi) is 2.96. The van der Waals surface area contributed by atoms with E-state index in [-0.39, 0.29) is 0 Å². The van der Waals surface area contributed by atoms with E-state index in [0.717, 1.165) is 6.08 Å². The topological polar surface area (TPSA) is 92.9 Å². The summed E-state index contributed by atoms with van der Waals surface area (Å²) in [6.07, 6.45) is 2.31. The van der Waals surface area contributed by atoms with Crippen molar-refractivity contribution in [3.05, 3.63) is 18.1 Å². The average molecular weight is 183 g/mol. The molecule has 0 atom stereocenters. The number of aryl methyl sites for hydroxylation is 1. The molecule has 0 spiro atoms. The normalized spacial score (nSPS) is 10.5. The molecule has 0 fully saturated rings. The monoisotopic (exact) mass is 183 g/mol. The molecule has 0 saturated carbocycles. The van der Waals surface area contributed by atoms with Crippen LogP contribution in [0.25, 0.3) is 0 Å². The van der Waals surface area contributed by atoms with E-state index in [0.29, 0.717) is 12.4 Å². The van der Waals surface area contributed by atoms with Crippen molar-refractivity contribution in [2.45, 2.75) is 6.54 Å². The fraction of sp³-hybridized carbons (Fsp3) is 0.333. The molecule has 0 bridgehead atoms. The van der Waals surface area contributed by atoms with Crippen LogP contribution in [-0.4, -0.2) is 31.3 Å². The van der Waals surface area contributed by atoms with Crippen LogP contribution >= 0.6 is 0 Å². The molecule has 70 valence electrons. The molecule has 13 heavy (non-hydrogen) atoms. The maximum atomic E-state index is 10.0. The standard InChI is InChI=1S/C6H9N5O2/c1-11-9-5(8-10-11)4-7-3-2-6(12)13/h2-3,7H,4H2,1H3,(H,12,13)/b3-2+. The first-order chi connectivity index (χ1) is 6.18. The molecule has 0 unspecified atom stereocenters. The van der Waals surface area contributed by atoms with Gasteiger partial charge in [0.15, 0.2) is 5.82 Å². The predicted molar refractivity (Wildman–Crippen MR) is 42.4 cm³/mol. The van der Waals surface area contributed by atoms with E-state index in [1.54, 1.807) is 7.05 Å². The van der Waals surface area contributed by atoms with Gasteiger partial charge in [0.2, 0.25) is 0 Å². The number of carboxylic acids is 1. The first kappa shape index (κ1) is 9.17. The fourth-order valence-electron chi connectivity index (χ4n) is 0.675. The van der Waals surface area contributed by atoms with Crippen LogP contribution in [0, 0.1) is 0 Å². The lowest BCUT2D eigenvalue weighted by Gasteiger charge is -1.91. The molecule has 0 saturated heterocycles. The number of hydrogen-bond acceptors (Lipinski definition) is 5. The van der Waals surface area contributed by atoms with E-state index in [1.165, 1.54) is 11.0 Å². The molecule has 1 aromatic heterocycles. The zero-order chi connectivity index (χ0) is 9.68. The van der Waals surface area contributed by atoms with Gasteiger partial charge in [-0.15, -0.1) is 10.2 Å². The molecule has 1 aromatic rings. The lowest BCUT2D eigenvalue weighted by molar-refractivity contribution is -0.131. The minimum absolute atomic E-state index is 0.359. The Morgan fingerprint density at radius 3 is 3.08 bits per heavy atom. The molecule has 7 nitrogen and oxygen atoms in total. The van der Waals surface area contributed by atoms with Gasteiger partial charge in [0.05, 0.1) is 13.6 Å². The Hall–Kier alpha value is -1.92. The van der Waals surface area contributed by atoms with Gasteiger partial charge in [-0.1, -0.05) is 0 Å². The van der Waals surface area contributed by atoms with E-state index in [9.17, 15) is 4.79 Å². The molecular weight excluding hydrogens is 174 g/mol. The Bertz CT molecular complexity index is 319. The van der Waals surface area contributed by atoms with Gasteiger partial charge in [-0.2, -0.15) is 4.80 Å². The lowest BCUT2D eigenvalue weighted by Crippen LogP contribution is -2.07. The SMILES string of the molecule is Cn1nnc(CN/C=C/C(=O)O)n1. The van der Waals surface area contributed by atoms with E-state index < -0.39 is 5.97 Å². The number of nitrogens with zero attached hydrogens (tertiary/aromatic N) is 4. The van der Waals surface area contributed by atoms with Crippen LogP contribution in [0.5, 0.6) is 0 Å². The summed E-state index contributed by atoms with van der Waals surface area (Å²) in [5, 5.41) is 22.1. The third-order valence-electron chi connectivity index (χ3n) is 1.15. The first-order valence-corrected chi connectivity index (χ1v) is 3.54. The highest BCUT2D eigenvalue weighted by Gasteiger charge is 1.96. The maximum Gasteiger partial charge on any atom is 0.329 e. The number of nitrogens with one attached hydrogen (secondary N) is 1. The van der Waals surface area contributed by atoms with Gasteiger partial charge in [0.25, 0.3) is 0 Å². The highest BCUT2D eigenvalue weighted by atomic mass is 16.4. The van der Waals surface area contributed by atoms with Gasteiger partial charge in [0, 0.05) is 12.3 Å². The van der Waals surface area contributed by atoms with Crippen molar-refractivity contribution in [2.24, 2.45) is 7.05 Å². The second kappa shape index (κ2) is 4.19. The number of carbonyl (C=O) groups is 1. The minimum atomic E-state index is -1.00. The summed E-state index contributed by atoms with van der Waals surface area (Å²) in [6, 6.07) is 0. The van der Waals surface area contributed by atoms with Gasteiger partial charge >= 0.3 is 5.97 Å². The molecule has 1 heterocycles. The van der Waals surface area contributed by atoms with Crippen LogP contribution in [0.15, 0.2) is 12.3 Å². The van der Waals surface area contributed by atoms with Crippen molar-refractivity contribution < 1.29 is 9.90 Å². The highest BCUT2D eigenvalue weighted by Crippen LogP contribution is 1.82. The Labute approximate surface area is 74.1 Å². The Balaban J connectivity index is 2.31.